The Labute approximate surface area is 111 Å². The van der Waals surface area contributed by atoms with E-state index in [1.54, 1.807) is 20.1 Å². The van der Waals surface area contributed by atoms with Crippen molar-refractivity contribution in [2.24, 2.45) is 0 Å². The van der Waals surface area contributed by atoms with Gasteiger partial charge in [-0.05, 0) is 19.4 Å². The van der Waals surface area contributed by atoms with Gasteiger partial charge in [-0.3, -0.25) is 4.79 Å². The number of pyridine rings is 1. The normalized spacial score (nSPS) is 12.4. The predicted octanol–water partition coefficient (Wildman–Crippen LogP) is 2.02. The van der Waals surface area contributed by atoms with Gasteiger partial charge in [0.1, 0.15) is 11.7 Å². The van der Waals surface area contributed by atoms with E-state index in [1.165, 1.54) is 0 Å². The number of hydrogen-bond donors (Lipinski definition) is 1. The van der Waals surface area contributed by atoms with Crippen molar-refractivity contribution < 1.29 is 14.3 Å². The molecule has 2 aromatic rings. The molecule has 0 aromatic carbocycles. The van der Waals surface area contributed by atoms with Crippen LogP contribution < -0.4 is 4.74 Å². The second-order valence-electron chi connectivity index (χ2n) is 4.06. The van der Waals surface area contributed by atoms with Gasteiger partial charge in [0.2, 0.25) is 5.88 Å². The number of rotatable bonds is 5. The van der Waals surface area contributed by atoms with Crippen molar-refractivity contribution >= 4 is 17.1 Å². The Kier molecular flexibility index (Phi) is 3.99. The third-order valence-electron chi connectivity index (χ3n) is 2.86. The Morgan fingerprint density at radius 3 is 2.79 bits per heavy atom. The number of H-pyrrole nitrogens is 1. The molecule has 0 aliphatic rings. The number of fused-ring (bicyclic) bond motifs is 1. The highest BCUT2D eigenvalue weighted by molar-refractivity contribution is 5.79. The summed E-state index contributed by atoms with van der Waals surface area (Å²) in [7, 11) is 1.55. The Bertz CT molecular complexity index is 580. The van der Waals surface area contributed by atoms with Gasteiger partial charge >= 0.3 is 5.97 Å². The fraction of sp³-hybridized carbons (Fsp3) is 0.462. The Morgan fingerprint density at radius 1 is 1.37 bits per heavy atom. The van der Waals surface area contributed by atoms with Crippen LogP contribution in [0.15, 0.2) is 12.1 Å². The summed E-state index contributed by atoms with van der Waals surface area (Å²) in [5.74, 6) is 0.419. The van der Waals surface area contributed by atoms with Crippen LogP contribution in [0.1, 0.15) is 32.0 Å². The fourth-order valence-electron chi connectivity index (χ4n) is 1.89. The summed E-state index contributed by atoms with van der Waals surface area (Å²) >= 11 is 0. The first-order valence-corrected chi connectivity index (χ1v) is 6.26. The van der Waals surface area contributed by atoms with Gasteiger partial charge in [-0.1, -0.05) is 6.92 Å². The zero-order valence-electron chi connectivity index (χ0n) is 11.3. The molecule has 0 saturated carbocycles. The van der Waals surface area contributed by atoms with Gasteiger partial charge in [0, 0.05) is 6.07 Å². The molecule has 6 heteroatoms. The molecule has 2 aromatic heterocycles. The van der Waals surface area contributed by atoms with Crippen LogP contribution >= 0.6 is 0 Å². The summed E-state index contributed by atoms with van der Waals surface area (Å²) < 4.78 is 10.1. The molecule has 0 radical (unpaired) electrons. The number of nitrogens with zero attached hydrogens (tertiary/aromatic N) is 2. The van der Waals surface area contributed by atoms with Crippen molar-refractivity contribution in [1.29, 1.82) is 0 Å². The maximum absolute atomic E-state index is 11.8. The average Bonchev–Trinajstić information content (AvgIpc) is 2.82. The van der Waals surface area contributed by atoms with Gasteiger partial charge in [0.05, 0.1) is 19.2 Å². The second kappa shape index (κ2) is 5.69. The van der Waals surface area contributed by atoms with Crippen molar-refractivity contribution in [1.82, 2.24) is 15.0 Å². The molecule has 1 atom stereocenters. The lowest BCUT2D eigenvalue weighted by Gasteiger charge is -2.10. The lowest BCUT2D eigenvalue weighted by molar-refractivity contribution is -0.145. The minimum Gasteiger partial charge on any atom is -0.481 e. The molecule has 0 fully saturated rings. The van der Waals surface area contributed by atoms with Gasteiger partial charge < -0.3 is 14.5 Å². The average molecular weight is 263 g/mol. The molecule has 0 aliphatic carbocycles. The van der Waals surface area contributed by atoms with Gasteiger partial charge in [0.15, 0.2) is 5.65 Å². The van der Waals surface area contributed by atoms with Crippen molar-refractivity contribution in [3.05, 3.63) is 18.0 Å². The standard InChI is InChI=1S/C13H17N3O3/c1-4-8(13(17)19-5-2)11-14-9-6-7-10(18-3)15-12(9)16-11/h6-8H,4-5H2,1-3H3,(H,14,15,16). The van der Waals surface area contributed by atoms with E-state index >= 15 is 0 Å². The molecule has 2 rings (SSSR count). The quantitative estimate of drug-likeness (QED) is 0.835. The van der Waals surface area contributed by atoms with Crippen LogP contribution in [-0.4, -0.2) is 34.6 Å². The molecule has 0 amide bonds. The van der Waals surface area contributed by atoms with E-state index in [0.717, 1.165) is 5.52 Å². The second-order valence-corrected chi connectivity index (χ2v) is 4.06. The van der Waals surface area contributed by atoms with Crippen molar-refractivity contribution in [3.8, 4) is 5.88 Å². The topological polar surface area (TPSA) is 77.1 Å². The number of esters is 1. The zero-order chi connectivity index (χ0) is 13.8. The van der Waals surface area contributed by atoms with Crippen molar-refractivity contribution in [3.63, 3.8) is 0 Å². The van der Waals surface area contributed by atoms with E-state index in [-0.39, 0.29) is 11.9 Å². The largest absolute Gasteiger partial charge is 0.481 e. The third kappa shape index (κ3) is 2.67. The highest BCUT2D eigenvalue weighted by Crippen LogP contribution is 2.22. The zero-order valence-corrected chi connectivity index (χ0v) is 11.3. The summed E-state index contributed by atoms with van der Waals surface area (Å²) in [5, 5.41) is 0. The fourth-order valence-corrected chi connectivity index (χ4v) is 1.89. The minimum absolute atomic E-state index is 0.268. The highest BCUT2D eigenvalue weighted by Gasteiger charge is 2.23. The number of carbonyl (C=O) groups is 1. The number of aromatic amines is 1. The van der Waals surface area contributed by atoms with Crippen LogP contribution in [0.25, 0.3) is 11.2 Å². The van der Waals surface area contributed by atoms with Gasteiger partial charge in [0.25, 0.3) is 0 Å². The van der Waals surface area contributed by atoms with E-state index in [1.807, 2.05) is 13.0 Å². The number of imidazole rings is 1. The number of ether oxygens (including phenoxy) is 2. The first-order chi connectivity index (χ1) is 9.19. The van der Waals surface area contributed by atoms with Crippen molar-refractivity contribution in [2.45, 2.75) is 26.2 Å². The first-order valence-electron chi connectivity index (χ1n) is 6.26. The SMILES string of the molecule is CCOC(=O)C(CC)c1nc2nc(OC)ccc2[nH]1. The van der Waals surface area contributed by atoms with E-state index in [9.17, 15) is 4.79 Å². The molecule has 102 valence electrons. The molecule has 0 saturated heterocycles. The van der Waals surface area contributed by atoms with E-state index < -0.39 is 0 Å². The minimum atomic E-state index is -0.389. The molecule has 6 nitrogen and oxygen atoms in total. The van der Waals surface area contributed by atoms with Crippen LogP contribution in [-0.2, 0) is 9.53 Å². The molecule has 1 unspecified atom stereocenters. The van der Waals surface area contributed by atoms with E-state index in [2.05, 4.69) is 15.0 Å². The number of carbonyl (C=O) groups excluding carboxylic acids is 1. The molecule has 0 spiro atoms. The van der Waals surface area contributed by atoms with Gasteiger partial charge in [-0.25, -0.2) is 4.98 Å². The summed E-state index contributed by atoms with van der Waals surface area (Å²) in [5.41, 5.74) is 1.32. The monoisotopic (exact) mass is 263 g/mol. The Balaban J connectivity index is 2.35. The number of aromatic nitrogens is 3. The van der Waals surface area contributed by atoms with Crippen LogP contribution in [0.3, 0.4) is 0 Å². The lowest BCUT2D eigenvalue weighted by Crippen LogP contribution is -2.16. The third-order valence-corrected chi connectivity index (χ3v) is 2.86. The maximum atomic E-state index is 11.8. The molecule has 1 N–H and O–H groups in total. The Hall–Kier alpha value is -2.11. The van der Waals surface area contributed by atoms with Crippen LogP contribution in [0.2, 0.25) is 0 Å². The first kappa shape index (κ1) is 13.3. The summed E-state index contributed by atoms with van der Waals surface area (Å²) in [6, 6.07) is 3.57. The predicted molar refractivity (Wildman–Crippen MR) is 70.1 cm³/mol. The molecular formula is C13H17N3O3. The lowest BCUT2D eigenvalue weighted by atomic mass is 10.1. The molecular weight excluding hydrogens is 246 g/mol. The van der Waals surface area contributed by atoms with E-state index in [0.29, 0.717) is 30.4 Å². The van der Waals surface area contributed by atoms with Crippen molar-refractivity contribution in [2.75, 3.05) is 13.7 Å². The van der Waals surface area contributed by atoms with Crippen LogP contribution in [0, 0.1) is 0 Å². The van der Waals surface area contributed by atoms with Crippen LogP contribution in [0.4, 0.5) is 0 Å². The maximum Gasteiger partial charge on any atom is 0.316 e. The number of nitrogens with one attached hydrogen (secondary N) is 1. The summed E-state index contributed by atoms with van der Waals surface area (Å²) in [6.45, 7) is 4.07. The molecule has 2 heterocycles. The van der Waals surface area contributed by atoms with E-state index in [4.69, 9.17) is 9.47 Å². The van der Waals surface area contributed by atoms with Gasteiger partial charge in [-0.15, -0.1) is 0 Å². The summed E-state index contributed by atoms with van der Waals surface area (Å²) in [6.07, 6.45) is 0.621. The molecule has 0 aliphatic heterocycles. The Morgan fingerprint density at radius 2 is 2.16 bits per heavy atom. The molecule has 0 bridgehead atoms. The smallest absolute Gasteiger partial charge is 0.316 e. The molecule has 19 heavy (non-hydrogen) atoms. The number of hydrogen-bond acceptors (Lipinski definition) is 5. The number of methoxy groups -OCH3 is 1. The van der Waals surface area contributed by atoms with Gasteiger partial charge in [-0.2, -0.15) is 4.98 Å². The summed E-state index contributed by atoms with van der Waals surface area (Å²) in [4.78, 5) is 23.5. The van der Waals surface area contributed by atoms with Crippen LogP contribution in [0.5, 0.6) is 5.88 Å². The highest BCUT2D eigenvalue weighted by atomic mass is 16.5.